The van der Waals surface area contributed by atoms with E-state index in [2.05, 4.69) is 72.0 Å². The normalized spacial score (nSPS) is 13.9. The van der Waals surface area contributed by atoms with E-state index in [0.29, 0.717) is 0 Å². The fourth-order valence-electron chi connectivity index (χ4n) is 3.75. The van der Waals surface area contributed by atoms with E-state index < -0.39 is 0 Å². The Bertz CT molecular complexity index is 886. The molecule has 2 heteroatoms. The lowest BCUT2D eigenvalue weighted by molar-refractivity contribution is 0.711. The molecule has 0 unspecified atom stereocenters. The summed E-state index contributed by atoms with van der Waals surface area (Å²) in [5, 5.41) is 4.39. The van der Waals surface area contributed by atoms with Crippen LogP contribution in [0.4, 0.5) is 0 Å². The van der Waals surface area contributed by atoms with Crippen LogP contribution in [-0.2, 0) is 25.7 Å². The van der Waals surface area contributed by atoms with Crippen molar-refractivity contribution in [1.82, 2.24) is 5.32 Å². The summed E-state index contributed by atoms with van der Waals surface area (Å²) in [5.41, 5.74) is 8.06. The zero-order valence-corrected chi connectivity index (χ0v) is 15.7. The number of nitrogens with one attached hydrogen (secondary N) is 1. The van der Waals surface area contributed by atoms with Crippen LogP contribution in [0.25, 0.3) is 11.1 Å². The molecule has 1 N–H and O–H groups in total. The molecule has 0 bridgehead atoms. The van der Waals surface area contributed by atoms with Gasteiger partial charge in [-0.1, -0.05) is 72.3 Å². The lowest BCUT2D eigenvalue weighted by atomic mass is 9.95. The smallest absolute Gasteiger partial charge is 0.0441 e. The zero-order valence-electron chi connectivity index (χ0n) is 15.0. The van der Waals surface area contributed by atoms with Crippen LogP contribution in [0.5, 0.6) is 0 Å². The molecule has 0 amide bonds. The lowest BCUT2D eigenvalue weighted by Crippen LogP contribution is -2.16. The van der Waals surface area contributed by atoms with Gasteiger partial charge in [0.25, 0.3) is 0 Å². The van der Waals surface area contributed by atoms with Crippen molar-refractivity contribution in [1.29, 1.82) is 0 Å². The van der Waals surface area contributed by atoms with Crippen molar-refractivity contribution in [2.45, 2.75) is 25.7 Å². The van der Waals surface area contributed by atoms with Crippen molar-refractivity contribution < 1.29 is 0 Å². The van der Waals surface area contributed by atoms with Crippen LogP contribution in [-0.4, -0.2) is 13.1 Å². The predicted octanol–water partition coefficient (Wildman–Crippen LogP) is 5.48. The van der Waals surface area contributed by atoms with Crippen LogP contribution in [0.1, 0.15) is 22.3 Å². The Kier molecular flexibility index (Phi) is 5.38. The third kappa shape index (κ3) is 4.00. The summed E-state index contributed by atoms with van der Waals surface area (Å²) in [4.78, 5) is 0. The molecule has 3 aromatic carbocycles. The van der Waals surface area contributed by atoms with Crippen LogP contribution in [0.3, 0.4) is 0 Å². The maximum atomic E-state index is 6.59. The maximum Gasteiger partial charge on any atom is 0.0441 e. The van der Waals surface area contributed by atoms with Crippen molar-refractivity contribution in [2.75, 3.05) is 13.1 Å². The fraction of sp³-hybridized carbons (Fsp3) is 0.250. The highest BCUT2D eigenvalue weighted by Gasteiger charge is 2.11. The molecule has 0 saturated heterocycles. The van der Waals surface area contributed by atoms with Crippen molar-refractivity contribution >= 4 is 11.6 Å². The summed E-state index contributed by atoms with van der Waals surface area (Å²) < 4.78 is 0. The Hall–Kier alpha value is -2.09. The molecule has 1 nitrogen and oxygen atoms in total. The molecule has 1 aliphatic rings. The van der Waals surface area contributed by atoms with Crippen LogP contribution in [0.15, 0.2) is 66.7 Å². The highest BCUT2D eigenvalue weighted by molar-refractivity contribution is 6.31. The van der Waals surface area contributed by atoms with Gasteiger partial charge in [0.2, 0.25) is 0 Å². The van der Waals surface area contributed by atoms with Crippen molar-refractivity contribution in [2.24, 2.45) is 0 Å². The molecule has 1 aliphatic heterocycles. The average molecular weight is 362 g/mol. The molecule has 3 aromatic rings. The minimum atomic E-state index is 0.921. The van der Waals surface area contributed by atoms with Gasteiger partial charge in [0, 0.05) is 5.02 Å². The van der Waals surface area contributed by atoms with E-state index >= 15 is 0 Å². The number of aryl methyl sites for hydroxylation is 2. The number of rotatable bonds is 4. The minimum Gasteiger partial charge on any atom is -0.316 e. The van der Waals surface area contributed by atoms with Gasteiger partial charge in [-0.3, -0.25) is 0 Å². The average Bonchev–Trinajstić information content (AvgIpc) is 2.92. The number of benzene rings is 3. The monoisotopic (exact) mass is 361 g/mol. The van der Waals surface area contributed by atoms with Gasteiger partial charge < -0.3 is 5.32 Å². The Morgan fingerprint density at radius 2 is 1.46 bits per heavy atom. The molecule has 132 valence electrons. The van der Waals surface area contributed by atoms with E-state index in [4.69, 9.17) is 11.6 Å². The molecular formula is C24H24ClN. The van der Waals surface area contributed by atoms with Crippen LogP contribution in [0, 0.1) is 0 Å². The van der Waals surface area contributed by atoms with Gasteiger partial charge in [-0.2, -0.15) is 0 Å². The Morgan fingerprint density at radius 3 is 2.27 bits per heavy atom. The fourth-order valence-corrected chi connectivity index (χ4v) is 4.04. The van der Waals surface area contributed by atoms with Crippen LogP contribution < -0.4 is 5.32 Å². The number of fused-ring (bicyclic) bond motifs is 1. The Labute approximate surface area is 161 Å². The maximum absolute atomic E-state index is 6.59. The largest absolute Gasteiger partial charge is 0.316 e. The van der Waals surface area contributed by atoms with Gasteiger partial charge in [0.15, 0.2) is 0 Å². The molecule has 0 fully saturated rings. The van der Waals surface area contributed by atoms with Gasteiger partial charge in [0.1, 0.15) is 0 Å². The number of hydrogen-bond donors (Lipinski definition) is 1. The lowest BCUT2D eigenvalue weighted by Gasteiger charge is -2.12. The number of halogens is 1. The molecular weight excluding hydrogens is 338 g/mol. The van der Waals surface area contributed by atoms with Crippen LogP contribution >= 0.6 is 11.6 Å². The van der Waals surface area contributed by atoms with Gasteiger partial charge in [-0.15, -0.1) is 0 Å². The first kappa shape index (κ1) is 17.3. The molecule has 0 atom stereocenters. The third-order valence-corrected chi connectivity index (χ3v) is 5.58. The summed E-state index contributed by atoms with van der Waals surface area (Å²) in [5.74, 6) is 0. The second-order valence-corrected chi connectivity index (χ2v) is 7.44. The first-order valence-electron chi connectivity index (χ1n) is 9.45. The number of hydrogen-bond acceptors (Lipinski definition) is 1. The molecule has 0 aliphatic carbocycles. The third-order valence-electron chi connectivity index (χ3n) is 5.23. The van der Waals surface area contributed by atoms with E-state index in [1.807, 2.05) is 0 Å². The molecule has 0 aromatic heterocycles. The van der Waals surface area contributed by atoms with Gasteiger partial charge in [-0.05, 0) is 78.2 Å². The SMILES string of the molecule is Clc1cc2c(cc1CCc1cccc(-c3ccccc3)c1)CCNCC2. The zero-order chi connectivity index (χ0) is 17.8. The van der Waals surface area contributed by atoms with E-state index in [9.17, 15) is 0 Å². The Morgan fingerprint density at radius 1 is 0.731 bits per heavy atom. The molecule has 0 spiro atoms. The summed E-state index contributed by atoms with van der Waals surface area (Å²) in [6, 6.07) is 24.0. The molecule has 4 rings (SSSR count). The van der Waals surface area contributed by atoms with Crippen molar-refractivity contribution in [3.8, 4) is 11.1 Å². The van der Waals surface area contributed by atoms with E-state index in [-0.39, 0.29) is 0 Å². The minimum absolute atomic E-state index is 0.921. The predicted molar refractivity (Wildman–Crippen MR) is 111 cm³/mol. The summed E-state index contributed by atoms with van der Waals surface area (Å²) in [7, 11) is 0. The van der Waals surface area contributed by atoms with E-state index in [1.54, 1.807) is 0 Å². The van der Waals surface area contributed by atoms with Crippen LogP contribution in [0.2, 0.25) is 5.02 Å². The van der Waals surface area contributed by atoms with Gasteiger partial charge >= 0.3 is 0 Å². The summed E-state index contributed by atoms with van der Waals surface area (Å²) in [6.07, 6.45) is 4.17. The summed E-state index contributed by atoms with van der Waals surface area (Å²) >= 11 is 6.59. The quantitative estimate of drug-likeness (QED) is 0.648. The van der Waals surface area contributed by atoms with Gasteiger partial charge in [-0.25, -0.2) is 0 Å². The molecule has 0 radical (unpaired) electrons. The highest BCUT2D eigenvalue weighted by atomic mass is 35.5. The Balaban J connectivity index is 1.52. The topological polar surface area (TPSA) is 12.0 Å². The molecule has 1 heterocycles. The van der Waals surface area contributed by atoms with E-state index in [1.165, 1.54) is 33.4 Å². The standard InChI is InChI=1S/C24H24ClN/c25-24-17-22-12-14-26-13-11-21(22)16-23(24)10-9-18-5-4-8-20(15-18)19-6-2-1-3-7-19/h1-8,15-17,26H,9-14H2. The first-order valence-corrected chi connectivity index (χ1v) is 9.83. The summed E-state index contributed by atoms with van der Waals surface area (Å²) in [6.45, 7) is 2.11. The second-order valence-electron chi connectivity index (χ2n) is 7.03. The first-order chi connectivity index (χ1) is 12.8. The van der Waals surface area contributed by atoms with Gasteiger partial charge in [0.05, 0.1) is 0 Å². The van der Waals surface area contributed by atoms with Crippen molar-refractivity contribution in [3.63, 3.8) is 0 Å². The molecule has 0 saturated carbocycles. The highest BCUT2D eigenvalue weighted by Crippen LogP contribution is 2.26. The molecule has 26 heavy (non-hydrogen) atoms. The van der Waals surface area contributed by atoms with Crippen molar-refractivity contribution in [3.05, 3.63) is 94.0 Å². The second kappa shape index (κ2) is 8.07. The van der Waals surface area contributed by atoms with E-state index in [0.717, 1.165) is 43.8 Å².